The van der Waals surface area contributed by atoms with Gasteiger partial charge in [0.15, 0.2) is 0 Å². The fourth-order valence-corrected chi connectivity index (χ4v) is 17.8. The lowest BCUT2D eigenvalue weighted by molar-refractivity contribution is 5.03. The van der Waals surface area contributed by atoms with Crippen LogP contribution in [0.3, 0.4) is 0 Å². The Labute approximate surface area is 56.2 Å². The van der Waals surface area contributed by atoms with Crippen molar-refractivity contribution < 1.29 is 0 Å². The maximum atomic E-state index is 4.07. The van der Waals surface area contributed by atoms with Gasteiger partial charge < -0.3 is 0 Å². The quantitative estimate of drug-likeness (QED) is 0.381. The summed E-state index contributed by atoms with van der Waals surface area (Å²) in [7, 11) is 6.83. The van der Waals surface area contributed by atoms with Crippen LogP contribution in [0.2, 0.25) is 0 Å². The van der Waals surface area contributed by atoms with Gasteiger partial charge >= 0.3 is 0 Å². The Hall–Kier alpha value is 2.26. The van der Waals surface area contributed by atoms with Crippen molar-refractivity contribution in [2.45, 2.75) is 0 Å². The Balaban J connectivity index is 2.01. The molecule has 1 saturated heterocycles. The van der Waals surface area contributed by atoms with E-state index in [0.29, 0.717) is 6.01 Å². The van der Waals surface area contributed by atoms with Crippen LogP contribution in [0.5, 0.6) is 0 Å². The van der Waals surface area contributed by atoms with Gasteiger partial charge in [0.1, 0.15) is 0 Å². The molecule has 2 unspecified atom stereocenters. The van der Waals surface area contributed by atoms with Gasteiger partial charge in [-0.15, -0.1) is 11.7 Å². The van der Waals surface area contributed by atoms with Crippen LogP contribution in [0, 0.1) is 0 Å². The molecule has 2 atom stereocenters. The lowest BCUT2D eigenvalue weighted by Crippen LogP contribution is -1.42. The molecule has 1 aliphatic heterocycles. The van der Waals surface area contributed by atoms with Crippen molar-refractivity contribution in [1.82, 2.24) is 0 Å². The normalized spacial score (nSPS) is 36.5. The molecule has 0 aromatic heterocycles. The number of hydrogen-bond donors (Lipinski definition) is 1. The van der Waals surface area contributed by atoms with Crippen molar-refractivity contribution >= 4 is 56.4 Å². The largest absolute Gasteiger partial charge is 0.106 e. The van der Waals surface area contributed by atoms with Crippen molar-refractivity contribution in [2.75, 3.05) is 0 Å². The Morgan fingerprint density at radius 2 is 2.50 bits per heavy atom. The van der Waals surface area contributed by atoms with Crippen LogP contribution in [0.4, 0.5) is 0 Å². The molecule has 0 bridgehead atoms. The van der Waals surface area contributed by atoms with Crippen LogP contribution in [-0.2, 0) is 0 Å². The van der Waals surface area contributed by atoms with E-state index < -0.39 is 0 Å². The molecule has 0 aromatic carbocycles. The Morgan fingerprint density at radius 1 is 1.83 bits per heavy atom. The van der Waals surface area contributed by atoms with Crippen molar-refractivity contribution in [3.63, 3.8) is 0 Å². The van der Waals surface area contributed by atoms with E-state index in [1.54, 1.807) is 10.4 Å². The lowest BCUT2D eigenvalue weighted by Gasteiger charge is -2.18. The minimum absolute atomic E-state index is 0.293. The van der Waals surface area contributed by atoms with E-state index in [0.717, 1.165) is 7.47 Å². The van der Waals surface area contributed by atoms with E-state index in [1.807, 2.05) is 20.8 Å². The SMILES string of the molecule is SSP1PSS1. The van der Waals surface area contributed by atoms with Gasteiger partial charge in [0.25, 0.3) is 0 Å². The molecule has 1 fully saturated rings. The van der Waals surface area contributed by atoms with Gasteiger partial charge in [0.2, 0.25) is 0 Å². The third-order valence-electron chi connectivity index (χ3n) is 0.291. The summed E-state index contributed by atoms with van der Waals surface area (Å²) < 4.78 is 0. The van der Waals surface area contributed by atoms with E-state index in [2.05, 4.69) is 11.7 Å². The van der Waals surface area contributed by atoms with Crippen molar-refractivity contribution in [2.24, 2.45) is 0 Å². The molecule has 6 heavy (non-hydrogen) atoms. The number of thiol groups is 1. The van der Waals surface area contributed by atoms with Crippen LogP contribution in [0.25, 0.3) is 0 Å². The Kier molecular flexibility index (Phi) is 3.53. The first kappa shape index (κ1) is 6.38. The van der Waals surface area contributed by atoms with Crippen LogP contribution < -0.4 is 0 Å². The maximum absolute atomic E-state index is 4.07. The summed E-state index contributed by atoms with van der Waals surface area (Å²) in [6.07, 6.45) is 0. The summed E-state index contributed by atoms with van der Waals surface area (Å²) in [6, 6.07) is 0.293. The first-order valence-corrected chi connectivity index (χ1v) is 10.3. The second kappa shape index (κ2) is 3.32. The van der Waals surface area contributed by atoms with Gasteiger partial charge in [-0.25, -0.2) is 0 Å². The molecule has 0 saturated carbocycles. The number of hydrogen-bond acceptors (Lipinski definition) is 4. The highest BCUT2D eigenvalue weighted by atomic mass is 33.8. The van der Waals surface area contributed by atoms with E-state index in [1.165, 1.54) is 0 Å². The second-order valence-corrected chi connectivity index (χ2v) is 15.9. The highest BCUT2D eigenvalue weighted by molar-refractivity contribution is 9.48. The summed E-state index contributed by atoms with van der Waals surface area (Å²) in [5.74, 6) is 0. The van der Waals surface area contributed by atoms with Crippen molar-refractivity contribution in [1.29, 1.82) is 0 Å². The van der Waals surface area contributed by atoms with Crippen LogP contribution in [0.15, 0.2) is 0 Å². The number of rotatable bonds is 1. The van der Waals surface area contributed by atoms with Crippen LogP contribution >= 0.6 is 56.4 Å². The first-order valence-electron chi connectivity index (χ1n) is 1.14. The third kappa shape index (κ3) is 1.65. The molecule has 1 aliphatic rings. The second-order valence-electron chi connectivity index (χ2n) is 0.588. The maximum Gasteiger partial charge on any atom is 0.0687 e. The predicted molar refractivity (Wildman–Crippen MR) is 47.0 cm³/mol. The summed E-state index contributed by atoms with van der Waals surface area (Å²) in [5, 5.41) is 0. The van der Waals surface area contributed by atoms with Crippen LogP contribution in [0.1, 0.15) is 0 Å². The first-order chi connectivity index (χ1) is 2.93. The van der Waals surface area contributed by atoms with E-state index in [-0.39, 0.29) is 0 Å². The van der Waals surface area contributed by atoms with E-state index in [4.69, 9.17) is 0 Å². The van der Waals surface area contributed by atoms with Gasteiger partial charge in [-0.05, 0) is 17.9 Å². The highest BCUT2D eigenvalue weighted by Gasteiger charge is 2.17. The highest BCUT2D eigenvalue weighted by Crippen LogP contribution is 2.94. The molecule has 0 nitrogen and oxygen atoms in total. The monoisotopic (exact) mass is 192 g/mol. The molecule has 0 amide bonds. The summed E-state index contributed by atoms with van der Waals surface area (Å²) in [6.45, 7) is 0. The molecule has 6 heteroatoms. The van der Waals surface area contributed by atoms with E-state index in [9.17, 15) is 0 Å². The predicted octanol–water partition coefficient (Wildman–Crippen LogP) is 3.78. The molecule has 0 aliphatic carbocycles. The minimum atomic E-state index is 0.293. The fraction of sp³-hybridized carbons (Fsp3) is 0. The van der Waals surface area contributed by atoms with Crippen molar-refractivity contribution in [3.05, 3.63) is 0 Å². The summed E-state index contributed by atoms with van der Waals surface area (Å²) in [5.41, 5.74) is 0. The third-order valence-corrected chi connectivity index (χ3v) is 23.6. The standard InChI is InChI=1S/H2P2S4/c3-5-2-1-4-6-2/h1,3H. The van der Waals surface area contributed by atoms with Crippen LogP contribution in [-0.4, -0.2) is 0 Å². The average Bonchev–Trinajstić information content (AvgIpc) is 1.31. The molecular formula is H2P2S4. The zero-order valence-electron chi connectivity index (χ0n) is 2.62. The zero-order valence-corrected chi connectivity index (χ0v) is 7.86. The Bertz CT molecular complexity index is 38.1. The molecule has 0 spiro atoms. The fourth-order valence-electron chi connectivity index (χ4n) is 0.0980. The van der Waals surface area contributed by atoms with Crippen molar-refractivity contribution in [3.8, 4) is 0 Å². The topological polar surface area (TPSA) is 0 Å². The molecule has 0 aromatic rings. The summed E-state index contributed by atoms with van der Waals surface area (Å²) >= 11 is 4.07. The molecule has 0 radical (unpaired) electrons. The van der Waals surface area contributed by atoms with Gasteiger partial charge in [-0.1, -0.05) is 20.8 Å². The van der Waals surface area contributed by atoms with E-state index >= 15 is 0 Å². The van der Waals surface area contributed by atoms with Gasteiger partial charge in [0.05, 0.1) is 6.01 Å². The Morgan fingerprint density at radius 3 is 2.50 bits per heavy atom. The zero-order chi connectivity index (χ0) is 4.41. The molecule has 36 valence electrons. The molecule has 1 heterocycles. The molecule has 1 rings (SSSR count). The lowest BCUT2D eigenvalue weighted by atomic mass is 29.2. The molecule has 0 N–H and O–H groups in total. The van der Waals surface area contributed by atoms with Gasteiger partial charge in [0, 0.05) is 0 Å². The minimum Gasteiger partial charge on any atom is -0.106 e. The average molecular weight is 192 g/mol. The smallest absolute Gasteiger partial charge is 0.0687 e. The summed E-state index contributed by atoms with van der Waals surface area (Å²) in [4.78, 5) is 0. The van der Waals surface area contributed by atoms with Gasteiger partial charge in [-0.2, -0.15) is 0 Å². The molecular weight excluding hydrogens is 190 g/mol. The van der Waals surface area contributed by atoms with Gasteiger partial charge in [-0.3, -0.25) is 0 Å².